The van der Waals surface area contributed by atoms with Gasteiger partial charge in [-0.1, -0.05) is 54.9 Å². The quantitative estimate of drug-likeness (QED) is 0.436. The Hall–Kier alpha value is -2.09. The summed E-state index contributed by atoms with van der Waals surface area (Å²) in [6, 6.07) is 9.71. The Kier molecular flexibility index (Phi) is 5.99. The molecule has 0 radical (unpaired) electrons. The maximum Gasteiger partial charge on any atom is 0.315 e. The summed E-state index contributed by atoms with van der Waals surface area (Å²) in [5, 5.41) is 11.6. The lowest BCUT2D eigenvalue weighted by Crippen LogP contribution is -2.69. The molecule has 0 amide bonds. The van der Waals surface area contributed by atoms with Crippen molar-refractivity contribution in [2.75, 3.05) is 19.2 Å². The van der Waals surface area contributed by atoms with Gasteiger partial charge in [0.2, 0.25) is 0 Å². The molecule has 1 saturated heterocycles. The summed E-state index contributed by atoms with van der Waals surface area (Å²) in [4.78, 5) is 28.1. The second-order valence-corrected chi connectivity index (χ2v) is 12.7. The van der Waals surface area contributed by atoms with Gasteiger partial charge in [0.25, 0.3) is 0 Å². The Balaban J connectivity index is 1.41. The van der Waals surface area contributed by atoms with Gasteiger partial charge in [-0.25, -0.2) is 8.78 Å². The molecule has 1 N–H and O–H groups in total. The number of hydrogen-bond acceptors (Lipinski definition) is 5. The Morgan fingerprint density at radius 1 is 1.21 bits per heavy atom. The van der Waals surface area contributed by atoms with E-state index in [0.29, 0.717) is 26.1 Å². The Labute approximate surface area is 226 Å². The number of likely N-dealkylation sites (tertiary alicyclic amines) is 1. The van der Waals surface area contributed by atoms with Crippen molar-refractivity contribution in [1.82, 2.24) is 4.90 Å². The minimum atomic E-state index is -2.16. The van der Waals surface area contributed by atoms with Crippen LogP contribution >= 0.6 is 11.6 Å². The lowest BCUT2D eigenvalue weighted by atomic mass is 9.43. The maximum absolute atomic E-state index is 17.5. The highest BCUT2D eigenvalue weighted by Crippen LogP contribution is 2.74. The van der Waals surface area contributed by atoms with Gasteiger partial charge >= 0.3 is 5.97 Å². The van der Waals surface area contributed by atoms with Crippen LogP contribution in [0.3, 0.4) is 0 Å². The number of carbonyl (C=O) groups excluding carboxylic acids is 2. The summed E-state index contributed by atoms with van der Waals surface area (Å²) in [5.41, 5.74) is -4.19. The lowest BCUT2D eigenvalue weighted by Gasteiger charge is -2.63. The van der Waals surface area contributed by atoms with Crippen LogP contribution in [-0.4, -0.2) is 58.9 Å². The molecular formula is C30H34ClF2NO4. The molecule has 1 aromatic carbocycles. The first-order valence-electron chi connectivity index (χ1n) is 13.5. The number of alkyl halides is 3. The SMILES string of the molecule is CC12C=CC(=O)C=C1C(F)CC1C3CC4CN(Cc5ccccc5)CC4(C(=O)OCCl)C3(C)CC(O)C12F. The first-order valence-corrected chi connectivity index (χ1v) is 14.0. The van der Waals surface area contributed by atoms with Gasteiger partial charge in [-0.3, -0.25) is 14.5 Å². The number of ketones is 1. The molecule has 1 aliphatic heterocycles. The summed E-state index contributed by atoms with van der Waals surface area (Å²) in [6.45, 7) is 5.25. The number of halogens is 3. The van der Waals surface area contributed by atoms with Crippen LogP contribution in [0.5, 0.6) is 0 Å². The van der Waals surface area contributed by atoms with Crippen molar-refractivity contribution in [2.45, 2.75) is 57.6 Å². The number of esters is 1. The van der Waals surface area contributed by atoms with Gasteiger partial charge in [0.05, 0.1) is 11.5 Å². The van der Waals surface area contributed by atoms with Gasteiger partial charge in [-0.05, 0) is 66.7 Å². The molecule has 3 saturated carbocycles. The minimum Gasteiger partial charge on any atom is -0.449 e. The van der Waals surface area contributed by atoms with Crippen molar-refractivity contribution in [3.63, 3.8) is 0 Å². The van der Waals surface area contributed by atoms with Crippen LogP contribution in [0, 0.1) is 34.0 Å². The molecule has 4 fully saturated rings. The van der Waals surface area contributed by atoms with Crippen LogP contribution in [0.1, 0.15) is 38.7 Å². The molecule has 8 heteroatoms. The summed E-state index contributed by atoms with van der Waals surface area (Å²) in [7, 11) is 0. The zero-order chi connectivity index (χ0) is 27.1. The van der Waals surface area contributed by atoms with Crippen LogP contribution in [0.25, 0.3) is 0 Å². The zero-order valence-electron chi connectivity index (χ0n) is 21.7. The number of allylic oxidation sites excluding steroid dienone is 4. The molecule has 204 valence electrons. The molecule has 9 unspecified atom stereocenters. The third-order valence-electron chi connectivity index (χ3n) is 11.0. The van der Waals surface area contributed by atoms with Gasteiger partial charge in [-0.15, -0.1) is 0 Å². The second-order valence-electron chi connectivity index (χ2n) is 12.5. The van der Waals surface area contributed by atoms with Gasteiger partial charge in [0.15, 0.2) is 17.5 Å². The van der Waals surface area contributed by atoms with Crippen molar-refractivity contribution < 1.29 is 28.2 Å². The van der Waals surface area contributed by atoms with Crippen LogP contribution in [0.15, 0.2) is 54.1 Å². The molecule has 5 nitrogen and oxygen atoms in total. The van der Waals surface area contributed by atoms with Crippen molar-refractivity contribution in [1.29, 1.82) is 0 Å². The molecule has 38 heavy (non-hydrogen) atoms. The van der Waals surface area contributed by atoms with Crippen LogP contribution in [0.2, 0.25) is 0 Å². The number of aliphatic hydroxyl groups excluding tert-OH is 1. The minimum absolute atomic E-state index is 0.0410. The molecule has 1 aromatic rings. The van der Waals surface area contributed by atoms with E-state index < -0.39 is 46.1 Å². The molecule has 0 bridgehead atoms. The van der Waals surface area contributed by atoms with Crippen molar-refractivity contribution >= 4 is 23.4 Å². The predicted octanol–water partition coefficient (Wildman–Crippen LogP) is 4.77. The van der Waals surface area contributed by atoms with Crippen LogP contribution < -0.4 is 0 Å². The van der Waals surface area contributed by atoms with E-state index in [0.717, 1.165) is 5.56 Å². The average Bonchev–Trinajstić information content (AvgIpc) is 3.35. The average molecular weight is 546 g/mol. The van der Waals surface area contributed by atoms with E-state index >= 15 is 8.78 Å². The van der Waals surface area contributed by atoms with Gasteiger partial charge in [-0.2, -0.15) is 0 Å². The van der Waals surface area contributed by atoms with E-state index in [1.807, 2.05) is 37.3 Å². The molecule has 0 aromatic heterocycles. The van der Waals surface area contributed by atoms with Gasteiger partial charge in [0.1, 0.15) is 6.17 Å². The monoisotopic (exact) mass is 545 g/mol. The lowest BCUT2D eigenvalue weighted by molar-refractivity contribution is -0.216. The van der Waals surface area contributed by atoms with E-state index in [2.05, 4.69) is 4.90 Å². The van der Waals surface area contributed by atoms with E-state index in [9.17, 15) is 14.7 Å². The third kappa shape index (κ3) is 3.21. The number of fused-ring (bicyclic) bond motifs is 7. The van der Waals surface area contributed by atoms with E-state index in [-0.39, 0.29) is 42.1 Å². The van der Waals surface area contributed by atoms with Gasteiger partial charge in [0, 0.05) is 31.0 Å². The van der Waals surface area contributed by atoms with E-state index in [1.165, 1.54) is 18.2 Å². The first kappa shape index (κ1) is 26.1. The predicted molar refractivity (Wildman–Crippen MR) is 138 cm³/mol. The molecule has 0 spiro atoms. The molecular weight excluding hydrogens is 512 g/mol. The summed E-state index contributed by atoms with van der Waals surface area (Å²) >= 11 is 5.88. The van der Waals surface area contributed by atoms with Crippen LogP contribution in [0.4, 0.5) is 8.78 Å². The fourth-order valence-corrected chi connectivity index (χ4v) is 9.45. The zero-order valence-corrected chi connectivity index (χ0v) is 22.5. The summed E-state index contributed by atoms with van der Waals surface area (Å²) < 4.78 is 38.7. The van der Waals surface area contributed by atoms with Crippen LogP contribution in [-0.2, 0) is 20.9 Å². The molecule has 4 aliphatic carbocycles. The Morgan fingerprint density at radius 3 is 2.66 bits per heavy atom. The molecule has 1 heterocycles. The smallest absolute Gasteiger partial charge is 0.315 e. The van der Waals surface area contributed by atoms with Crippen molar-refractivity contribution in [2.24, 2.45) is 34.0 Å². The normalized spacial score (nSPS) is 45.6. The first-order chi connectivity index (χ1) is 18.0. The fraction of sp³-hybridized carbons (Fsp3) is 0.600. The molecule has 9 atom stereocenters. The van der Waals surface area contributed by atoms with Crippen molar-refractivity contribution in [3.8, 4) is 0 Å². The number of nitrogens with zero attached hydrogens (tertiary/aromatic N) is 1. The number of rotatable bonds is 4. The highest BCUT2D eigenvalue weighted by molar-refractivity contribution is 6.17. The Morgan fingerprint density at radius 2 is 1.95 bits per heavy atom. The summed E-state index contributed by atoms with van der Waals surface area (Å²) in [6.07, 6.45) is 1.43. The highest BCUT2D eigenvalue weighted by atomic mass is 35.5. The fourth-order valence-electron chi connectivity index (χ4n) is 9.35. The Bertz CT molecular complexity index is 1220. The third-order valence-corrected chi connectivity index (χ3v) is 11.1. The topological polar surface area (TPSA) is 66.8 Å². The number of carbonyl (C=O) groups is 2. The van der Waals surface area contributed by atoms with Gasteiger partial charge < -0.3 is 9.84 Å². The molecule has 5 aliphatic rings. The number of aliphatic hydroxyl groups is 1. The maximum atomic E-state index is 17.5. The summed E-state index contributed by atoms with van der Waals surface area (Å²) in [5.74, 6) is -2.09. The number of benzene rings is 1. The molecule has 6 rings (SSSR count). The van der Waals surface area contributed by atoms with E-state index in [4.69, 9.17) is 16.3 Å². The number of hydrogen-bond donors (Lipinski definition) is 1. The number of ether oxygens (including phenoxy) is 1. The largest absolute Gasteiger partial charge is 0.449 e. The van der Waals surface area contributed by atoms with E-state index in [1.54, 1.807) is 6.92 Å². The standard InChI is InChI=1S/C30H34ClF2NO4/c1-27-9-8-20(35)11-23(27)24(32)12-22-21-10-19-15-34(14-18-6-4-3-5-7-18)16-29(19,26(37)38-17-31)28(21,2)13-25(36)30(22,27)33/h3-9,11,19,21-22,24-25,36H,10,12-17H2,1-2H3. The second kappa shape index (κ2) is 8.70. The highest BCUT2D eigenvalue weighted by Gasteiger charge is 2.78. The van der Waals surface area contributed by atoms with Crippen molar-refractivity contribution in [3.05, 3.63) is 59.7 Å².